The molecule has 2 heterocycles. The largest absolute Gasteiger partial charge is 0.333 e. The number of ketones is 2. The number of imidazole rings is 1. The summed E-state index contributed by atoms with van der Waals surface area (Å²) in [5.41, 5.74) is 1.45. The van der Waals surface area contributed by atoms with Crippen LogP contribution in [0.1, 0.15) is 27.9 Å². The van der Waals surface area contributed by atoms with Gasteiger partial charge in [-0.05, 0) is 25.1 Å². The number of carbonyl (C=O) groups excluding carboxylic acids is 2. The van der Waals surface area contributed by atoms with Crippen molar-refractivity contribution in [2.45, 2.75) is 6.92 Å². The molecule has 0 radical (unpaired) electrons. The second-order valence-electron chi connectivity index (χ2n) is 4.04. The van der Waals surface area contributed by atoms with E-state index in [2.05, 4.69) is 15.0 Å². The molecule has 2 aromatic heterocycles. The van der Waals surface area contributed by atoms with Gasteiger partial charge in [-0.1, -0.05) is 6.07 Å². The van der Waals surface area contributed by atoms with Gasteiger partial charge in [-0.25, -0.2) is 4.98 Å². The Hall–Kier alpha value is -2.56. The topological polar surface area (TPSA) is 75.7 Å². The summed E-state index contributed by atoms with van der Waals surface area (Å²) in [6.45, 7) is 1.62. The second kappa shape index (κ2) is 3.73. The summed E-state index contributed by atoms with van der Waals surface area (Å²) in [5, 5.41) is 0. The van der Waals surface area contributed by atoms with Crippen molar-refractivity contribution in [3.05, 3.63) is 47.4 Å². The number of hydrogen-bond donors (Lipinski definition) is 1. The molecule has 0 saturated carbocycles. The Balaban J connectivity index is 2.15. The van der Waals surface area contributed by atoms with Gasteiger partial charge in [0.25, 0.3) is 0 Å². The zero-order valence-electron chi connectivity index (χ0n) is 9.60. The molecule has 0 aromatic carbocycles. The average molecular weight is 239 g/mol. The van der Waals surface area contributed by atoms with Gasteiger partial charge in [0.1, 0.15) is 17.1 Å². The molecule has 5 nitrogen and oxygen atoms in total. The van der Waals surface area contributed by atoms with Crippen LogP contribution in [0, 0.1) is 0 Å². The molecule has 0 saturated heterocycles. The number of carbonyl (C=O) groups is 2. The van der Waals surface area contributed by atoms with Crippen LogP contribution in [0.25, 0.3) is 11.5 Å². The van der Waals surface area contributed by atoms with E-state index in [9.17, 15) is 9.59 Å². The highest BCUT2D eigenvalue weighted by atomic mass is 16.1. The number of fused-ring (bicyclic) bond motifs is 1. The number of H-pyrrole nitrogens is 1. The highest BCUT2D eigenvalue weighted by Crippen LogP contribution is 2.22. The van der Waals surface area contributed by atoms with Gasteiger partial charge in [0.15, 0.2) is 5.82 Å². The van der Waals surface area contributed by atoms with Crippen LogP contribution in [-0.2, 0) is 0 Å². The zero-order chi connectivity index (χ0) is 12.7. The quantitative estimate of drug-likeness (QED) is 0.823. The molecule has 0 spiro atoms. The van der Waals surface area contributed by atoms with Gasteiger partial charge in [-0.2, -0.15) is 0 Å². The molecule has 0 amide bonds. The lowest BCUT2D eigenvalue weighted by atomic mass is 9.99. The van der Waals surface area contributed by atoms with Crippen LogP contribution in [0.2, 0.25) is 0 Å². The number of pyridine rings is 1. The van der Waals surface area contributed by atoms with Crippen molar-refractivity contribution in [2.24, 2.45) is 0 Å². The van der Waals surface area contributed by atoms with E-state index in [0.29, 0.717) is 17.1 Å². The maximum absolute atomic E-state index is 11.9. The van der Waals surface area contributed by atoms with Gasteiger partial charge in [0.2, 0.25) is 11.6 Å². The minimum atomic E-state index is -0.250. The molecule has 1 aliphatic rings. The molecule has 0 atom stereocenters. The van der Waals surface area contributed by atoms with Crippen molar-refractivity contribution in [1.29, 1.82) is 0 Å². The van der Waals surface area contributed by atoms with Crippen LogP contribution in [0.15, 0.2) is 36.0 Å². The molecule has 0 unspecified atom stereocenters. The van der Waals surface area contributed by atoms with Crippen LogP contribution in [0.4, 0.5) is 0 Å². The first-order chi connectivity index (χ1) is 8.66. The Morgan fingerprint density at radius 1 is 1.22 bits per heavy atom. The lowest BCUT2D eigenvalue weighted by Gasteiger charge is -2.05. The standard InChI is InChI=1S/C13H9N3O2/c1-7-6-9(17)10-11(12(7)18)16-13(15-10)8-4-2-3-5-14-8/h2-6H,1H3,(H,15,16). The lowest BCUT2D eigenvalue weighted by molar-refractivity contribution is 0.0979. The van der Waals surface area contributed by atoms with Gasteiger partial charge in [-0.15, -0.1) is 0 Å². The fourth-order valence-electron chi connectivity index (χ4n) is 1.87. The number of nitrogens with zero attached hydrogens (tertiary/aromatic N) is 2. The summed E-state index contributed by atoms with van der Waals surface area (Å²) >= 11 is 0. The first kappa shape index (κ1) is 10.6. The molecular weight excluding hydrogens is 230 g/mol. The van der Waals surface area contributed by atoms with Gasteiger partial charge < -0.3 is 4.98 Å². The number of nitrogens with one attached hydrogen (secondary N) is 1. The molecule has 0 fully saturated rings. The molecule has 3 rings (SSSR count). The van der Waals surface area contributed by atoms with E-state index in [1.807, 2.05) is 6.07 Å². The number of aromatic amines is 1. The summed E-state index contributed by atoms with van der Waals surface area (Å²) in [6.07, 6.45) is 2.94. The van der Waals surface area contributed by atoms with Crippen LogP contribution in [-0.4, -0.2) is 26.5 Å². The van der Waals surface area contributed by atoms with Crippen molar-refractivity contribution < 1.29 is 9.59 Å². The molecule has 5 heteroatoms. The van der Waals surface area contributed by atoms with E-state index in [1.165, 1.54) is 6.08 Å². The maximum atomic E-state index is 11.9. The van der Waals surface area contributed by atoms with E-state index < -0.39 is 0 Å². The number of allylic oxidation sites excluding steroid dienone is 2. The Kier molecular flexibility index (Phi) is 2.19. The Morgan fingerprint density at radius 2 is 2.06 bits per heavy atom. The molecule has 18 heavy (non-hydrogen) atoms. The number of Topliss-reactive ketones (excluding diaryl/α,β-unsaturated/α-hetero) is 1. The van der Waals surface area contributed by atoms with Gasteiger partial charge in [-0.3, -0.25) is 14.6 Å². The van der Waals surface area contributed by atoms with E-state index in [0.717, 1.165) is 0 Å². The van der Waals surface area contributed by atoms with E-state index in [-0.39, 0.29) is 23.0 Å². The summed E-state index contributed by atoms with van der Waals surface area (Å²) < 4.78 is 0. The van der Waals surface area contributed by atoms with Crippen molar-refractivity contribution >= 4 is 11.6 Å². The molecule has 1 N–H and O–H groups in total. The highest BCUT2D eigenvalue weighted by Gasteiger charge is 2.27. The third-order valence-corrected chi connectivity index (χ3v) is 2.78. The Morgan fingerprint density at radius 3 is 2.78 bits per heavy atom. The van der Waals surface area contributed by atoms with E-state index in [1.54, 1.807) is 25.3 Å². The van der Waals surface area contributed by atoms with Crippen LogP contribution in [0.3, 0.4) is 0 Å². The van der Waals surface area contributed by atoms with Crippen molar-refractivity contribution in [1.82, 2.24) is 15.0 Å². The normalized spacial score (nSPS) is 14.4. The number of rotatable bonds is 1. The second-order valence-corrected chi connectivity index (χ2v) is 4.04. The van der Waals surface area contributed by atoms with E-state index >= 15 is 0 Å². The van der Waals surface area contributed by atoms with Crippen LogP contribution < -0.4 is 0 Å². The average Bonchev–Trinajstić information content (AvgIpc) is 2.83. The molecule has 0 bridgehead atoms. The van der Waals surface area contributed by atoms with Crippen molar-refractivity contribution in [3.8, 4) is 11.5 Å². The third kappa shape index (κ3) is 1.48. The van der Waals surface area contributed by atoms with Crippen molar-refractivity contribution in [2.75, 3.05) is 0 Å². The summed E-state index contributed by atoms with van der Waals surface area (Å²) in [7, 11) is 0. The first-order valence-corrected chi connectivity index (χ1v) is 5.45. The van der Waals surface area contributed by atoms with Gasteiger partial charge in [0.05, 0.1) is 0 Å². The number of aromatic nitrogens is 3. The summed E-state index contributed by atoms with van der Waals surface area (Å²) in [6, 6.07) is 5.37. The fraction of sp³-hybridized carbons (Fsp3) is 0.0769. The van der Waals surface area contributed by atoms with Gasteiger partial charge in [0, 0.05) is 11.8 Å². The van der Waals surface area contributed by atoms with Gasteiger partial charge >= 0.3 is 0 Å². The van der Waals surface area contributed by atoms with Crippen LogP contribution >= 0.6 is 0 Å². The summed E-state index contributed by atoms with van der Waals surface area (Å²) in [5.74, 6) is -0.00906. The van der Waals surface area contributed by atoms with E-state index in [4.69, 9.17) is 0 Å². The first-order valence-electron chi connectivity index (χ1n) is 5.45. The molecule has 0 aliphatic heterocycles. The predicted octanol–water partition coefficient (Wildman–Crippen LogP) is 1.80. The summed E-state index contributed by atoms with van der Waals surface area (Å²) in [4.78, 5) is 34.8. The minimum Gasteiger partial charge on any atom is -0.333 e. The zero-order valence-corrected chi connectivity index (χ0v) is 9.60. The molecule has 88 valence electrons. The SMILES string of the molecule is CC1=CC(=O)c2nc(-c3ccccn3)[nH]c2C1=O. The molecule has 2 aromatic rings. The molecule has 1 aliphatic carbocycles. The smallest absolute Gasteiger partial charge is 0.207 e. The van der Waals surface area contributed by atoms with Crippen LogP contribution in [0.5, 0.6) is 0 Å². The Bertz CT molecular complexity index is 684. The van der Waals surface area contributed by atoms with Crippen molar-refractivity contribution in [3.63, 3.8) is 0 Å². The molecular formula is C13H9N3O2. The monoisotopic (exact) mass is 239 g/mol. The minimum absolute atomic E-state index is 0.172. The number of hydrogen-bond acceptors (Lipinski definition) is 4. The lowest BCUT2D eigenvalue weighted by Crippen LogP contribution is -2.15. The highest BCUT2D eigenvalue weighted by molar-refractivity contribution is 6.23. The predicted molar refractivity (Wildman–Crippen MR) is 64.2 cm³/mol. The third-order valence-electron chi connectivity index (χ3n) is 2.78. The fourth-order valence-corrected chi connectivity index (χ4v) is 1.87. The Labute approximate surface area is 103 Å². The maximum Gasteiger partial charge on any atom is 0.207 e.